The van der Waals surface area contributed by atoms with Crippen molar-refractivity contribution in [3.8, 4) is 5.75 Å². The van der Waals surface area contributed by atoms with Gasteiger partial charge in [0.1, 0.15) is 0 Å². The lowest BCUT2D eigenvalue weighted by Crippen LogP contribution is -2.29. The van der Waals surface area contributed by atoms with E-state index in [1.165, 1.54) is 24.1 Å². The molecule has 0 heterocycles. The van der Waals surface area contributed by atoms with Gasteiger partial charge in [0.15, 0.2) is 5.75 Å². The predicted octanol–water partition coefficient (Wildman–Crippen LogP) is 2.07. The fourth-order valence-corrected chi connectivity index (χ4v) is 1.99. The summed E-state index contributed by atoms with van der Waals surface area (Å²) in [4.78, 5) is 13.3. The molecule has 6 heteroatoms. The van der Waals surface area contributed by atoms with E-state index in [4.69, 9.17) is 33.0 Å². The molecule has 0 radical (unpaired) electrons. The summed E-state index contributed by atoms with van der Waals surface area (Å²) >= 11 is 11.9. The Balaban J connectivity index is 3.04. The summed E-state index contributed by atoms with van der Waals surface area (Å²) in [6.45, 7) is 0.153. The maximum Gasteiger partial charge on any atom is 0.253 e. The van der Waals surface area contributed by atoms with Crippen LogP contribution in [0.5, 0.6) is 5.75 Å². The lowest BCUT2D eigenvalue weighted by molar-refractivity contribution is 0.0767. The van der Waals surface area contributed by atoms with Gasteiger partial charge < -0.3 is 14.7 Å². The molecule has 0 aliphatic heterocycles. The van der Waals surface area contributed by atoms with E-state index >= 15 is 0 Å². The minimum Gasteiger partial charge on any atom is -0.494 e. The summed E-state index contributed by atoms with van der Waals surface area (Å²) in [7, 11) is 3.04. The number of aliphatic hydroxyl groups is 1. The van der Waals surface area contributed by atoms with E-state index in [2.05, 4.69) is 0 Å². The molecule has 0 atom stereocenters. The number of benzene rings is 1. The van der Waals surface area contributed by atoms with Crippen LogP contribution >= 0.6 is 23.2 Å². The quantitative estimate of drug-likeness (QED) is 0.917. The van der Waals surface area contributed by atoms with Crippen LogP contribution < -0.4 is 4.74 Å². The largest absolute Gasteiger partial charge is 0.494 e. The first-order chi connectivity index (χ1) is 8.01. The first-order valence-corrected chi connectivity index (χ1v) is 5.66. The molecule has 1 amide bonds. The average molecular weight is 278 g/mol. The average Bonchev–Trinajstić information content (AvgIpc) is 2.27. The molecule has 17 heavy (non-hydrogen) atoms. The Labute approximate surface area is 110 Å². The summed E-state index contributed by atoms with van der Waals surface area (Å²) in [5.41, 5.74) is 0.358. The van der Waals surface area contributed by atoms with Gasteiger partial charge in [0, 0.05) is 19.2 Å². The minimum absolute atomic E-state index is 0.0974. The molecule has 0 bridgehead atoms. The molecule has 0 spiro atoms. The van der Waals surface area contributed by atoms with E-state index in [9.17, 15) is 4.79 Å². The molecule has 94 valence electrons. The number of carbonyl (C=O) groups is 1. The summed E-state index contributed by atoms with van der Waals surface area (Å²) < 4.78 is 4.99. The lowest BCUT2D eigenvalue weighted by atomic mass is 10.2. The Morgan fingerprint density at radius 2 is 1.94 bits per heavy atom. The van der Waals surface area contributed by atoms with Gasteiger partial charge in [-0.3, -0.25) is 4.79 Å². The maximum atomic E-state index is 11.9. The molecule has 4 nitrogen and oxygen atoms in total. The van der Waals surface area contributed by atoms with Crippen LogP contribution in [0.15, 0.2) is 12.1 Å². The number of aliphatic hydroxyl groups excluding tert-OH is 1. The fourth-order valence-electron chi connectivity index (χ4n) is 1.35. The zero-order valence-electron chi connectivity index (χ0n) is 9.54. The SMILES string of the molecule is COc1c(Cl)cc(C(=O)N(C)CCO)cc1Cl. The van der Waals surface area contributed by atoms with Crippen molar-refractivity contribution in [2.75, 3.05) is 27.3 Å². The zero-order chi connectivity index (χ0) is 13.0. The van der Waals surface area contributed by atoms with Crippen LogP contribution in [-0.2, 0) is 0 Å². The van der Waals surface area contributed by atoms with Gasteiger partial charge in [0.05, 0.1) is 23.8 Å². The Bertz CT molecular complexity index is 400. The Kier molecular flexibility index (Phi) is 5.05. The van der Waals surface area contributed by atoms with Gasteiger partial charge in [-0.2, -0.15) is 0 Å². The lowest BCUT2D eigenvalue weighted by Gasteiger charge is -2.16. The van der Waals surface area contributed by atoms with E-state index in [0.29, 0.717) is 11.3 Å². The van der Waals surface area contributed by atoms with Gasteiger partial charge in [-0.05, 0) is 12.1 Å². The third-order valence-electron chi connectivity index (χ3n) is 2.23. The van der Waals surface area contributed by atoms with Crippen molar-refractivity contribution in [1.29, 1.82) is 0 Å². The molecular weight excluding hydrogens is 265 g/mol. The van der Waals surface area contributed by atoms with Gasteiger partial charge in [-0.25, -0.2) is 0 Å². The normalized spacial score (nSPS) is 10.2. The van der Waals surface area contributed by atoms with Crippen LogP contribution in [0.1, 0.15) is 10.4 Å². The molecule has 0 aliphatic rings. The van der Waals surface area contributed by atoms with Crippen molar-refractivity contribution in [3.05, 3.63) is 27.7 Å². The predicted molar refractivity (Wildman–Crippen MR) is 67.1 cm³/mol. The minimum atomic E-state index is -0.259. The van der Waals surface area contributed by atoms with Crippen molar-refractivity contribution >= 4 is 29.1 Å². The Morgan fingerprint density at radius 3 is 2.35 bits per heavy atom. The molecule has 0 unspecified atom stereocenters. The number of methoxy groups -OCH3 is 1. The highest BCUT2D eigenvalue weighted by molar-refractivity contribution is 6.37. The van der Waals surface area contributed by atoms with E-state index < -0.39 is 0 Å². The number of nitrogens with zero attached hydrogens (tertiary/aromatic N) is 1. The smallest absolute Gasteiger partial charge is 0.253 e. The van der Waals surface area contributed by atoms with Crippen LogP contribution in [0.2, 0.25) is 10.0 Å². The van der Waals surface area contributed by atoms with Gasteiger partial charge in [0.2, 0.25) is 0 Å². The summed E-state index contributed by atoms with van der Waals surface area (Å²) in [5.74, 6) is 0.0835. The van der Waals surface area contributed by atoms with E-state index in [1.54, 1.807) is 7.05 Å². The van der Waals surface area contributed by atoms with E-state index in [1.807, 2.05) is 0 Å². The molecule has 1 aromatic rings. The van der Waals surface area contributed by atoms with Gasteiger partial charge in [0.25, 0.3) is 5.91 Å². The third kappa shape index (κ3) is 3.25. The van der Waals surface area contributed by atoms with Crippen LogP contribution in [0.25, 0.3) is 0 Å². The molecule has 0 saturated heterocycles. The standard InChI is InChI=1S/C11H13Cl2NO3/c1-14(3-4-15)11(16)7-5-8(12)10(17-2)9(13)6-7/h5-6,15H,3-4H2,1-2H3. The number of carbonyl (C=O) groups excluding carboxylic acids is 1. The van der Waals surface area contributed by atoms with Crippen molar-refractivity contribution in [2.24, 2.45) is 0 Å². The second-order valence-electron chi connectivity index (χ2n) is 3.42. The molecule has 0 fully saturated rings. The summed E-state index contributed by atoms with van der Waals surface area (Å²) in [6, 6.07) is 2.98. The maximum absolute atomic E-state index is 11.9. The number of ether oxygens (including phenoxy) is 1. The number of amides is 1. The van der Waals surface area contributed by atoms with Gasteiger partial charge >= 0.3 is 0 Å². The van der Waals surface area contributed by atoms with Gasteiger partial charge in [-0.15, -0.1) is 0 Å². The highest BCUT2D eigenvalue weighted by atomic mass is 35.5. The monoisotopic (exact) mass is 277 g/mol. The number of likely N-dealkylation sites (N-methyl/N-ethyl adjacent to an activating group) is 1. The Morgan fingerprint density at radius 1 is 1.41 bits per heavy atom. The Hall–Kier alpha value is -0.970. The number of hydrogen-bond donors (Lipinski definition) is 1. The second-order valence-corrected chi connectivity index (χ2v) is 4.24. The first-order valence-electron chi connectivity index (χ1n) is 4.90. The molecule has 1 aromatic carbocycles. The summed E-state index contributed by atoms with van der Waals surface area (Å²) in [6.07, 6.45) is 0. The van der Waals surface area contributed by atoms with Gasteiger partial charge in [-0.1, -0.05) is 23.2 Å². The van der Waals surface area contributed by atoms with E-state index in [-0.39, 0.29) is 29.1 Å². The first kappa shape index (κ1) is 14.1. The third-order valence-corrected chi connectivity index (χ3v) is 2.79. The van der Waals surface area contributed by atoms with Crippen molar-refractivity contribution in [3.63, 3.8) is 0 Å². The highest BCUT2D eigenvalue weighted by Crippen LogP contribution is 2.34. The molecule has 0 aromatic heterocycles. The number of halogens is 2. The van der Waals surface area contributed by atoms with Crippen LogP contribution in [0, 0.1) is 0 Å². The number of rotatable bonds is 4. The molecule has 0 saturated carbocycles. The van der Waals surface area contributed by atoms with Crippen LogP contribution in [0.3, 0.4) is 0 Å². The zero-order valence-corrected chi connectivity index (χ0v) is 11.0. The van der Waals surface area contributed by atoms with Crippen LogP contribution in [-0.4, -0.2) is 43.2 Å². The van der Waals surface area contributed by atoms with Crippen LogP contribution in [0.4, 0.5) is 0 Å². The molecule has 0 aliphatic carbocycles. The van der Waals surface area contributed by atoms with Crippen molar-refractivity contribution in [1.82, 2.24) is 4.90 Å². The second kappa shape index (κ2) is 6.10. The topological polar surface area (TPSA) is 49.8 Å². The van der Waals surface area contributed by atoms with Crippen molar-refractivity contribution < 1.29 is 14.6 Å². The highest BCUT2D eigenvalue weighted by Gasteiger charge is 2.16. The molecular formula is C11H13Cl2NO3. The summed E-state index contributed by atoms with van der Waals surface area (Å²) in [5, 5.41) is 9.31. The fraction of sp³-hybridized carbons (Fsp3) is 0.364. The number of hydrogen-bond acceptors (Lipinski definition) is 3. The van der Waals surface area contributed by atoms with E-state index in [0.717, 1.165) is 0 Å². The molecule has 1 N–H and O–H groups in total. The molecule has 1 rings (SSSR count). The van der Waals surface area contributed by atoms with Crippen molar-refractivity contribution in [2.45, 2.75) is 0 Å².